The van der Waals surface area contributed by atoms with Gasteiger partial charge >= 0.3 is 5.97 Å². The van der Waals surface area contributed by atoms with Crippen molar-refractivity contribution in [1.29, 1.82) is 0 Å². The normalized spacial score (nSPS) is 14.3. The van der Waals surface area contributed by atoms with Gasteiger partial charge in [-0.1, -0.05) is 26.0 Å². The maximum absolute atomic E-state index is 13.1. The van der Waals surface area contributed by atoms with E-state index in [9.17, 15) is 29.1 Å². The second kappa shape index (κ2) is 13.9. The number of aliphatic hydroxyl groups excluding tert-OH is 1. The van der Waals surface area contributed by atoms with Crippen molar-refractivity contribution in [1.82, 2.24) is 16.0 Å². The van der Waals surface area contributed by atoms with Gasteiger partial charge in [-0.3, -0.25) is 19.2 Å². The summed E-state index contributed by atoms with van der Waals surface area (Å²) in [7, 11) is 0. The zero-order valence-electron chi connectivity index (χ0n) is 19.6. The average Bonchev–Trinajstić information content (AvgIpc) is 2.79. The van der Waals surface area contributed by atoms with E-state index in [0.29, 0.717) is 5.56 Å². The van der Waals surface area contributed by atoms with E-state index in [2.05, 4.69) is 16.0 Å². The molecule has 1 aromatic carbocycles. The first-order valence-electron chi connectivity index (χ1n) is 10.9. The van der Waals surface area contributed by atoms with Crippen LogP contribution in [0.4, 0.5) is 0 Å². The maximum Gasteiger partial charge on any atom is 0.328 e. The number of aromatic hydroxyl groups is 1. The van der Waals surface area contributed by atoms with E-state index < -0.39 is 60.4 Å². The summed E-state index contributed by atoms with van der Waals surface area (Å²) in [5, 5.41) is 34.7. The Labute approximate surface area is 202 Å². The predicted octanol–water partition coefficient (Wildman–Crippen LogP) is -2.29. The molecule has 0 saturated heterocycles. The van der Waals surface area contributed by atoms with Gasteiger partial charge in [0.15, 0.2) is 0 Å². The minimum Gasteiger partial charge on any atom is -0.508 e. The third kappa shape index (κ3) is 9.98. The zero-order chi connectivity index (χ0) is 26.7. The number of nitrogens with two attached hydrogens (primary N) is 2. The molecule has 4 atom stereocenters. The summed E-state index contributed by atoms with van der Waals surface area (Å²) >= 11 is 0. The van der Waals surface area contributed by atoms with E-state index in [1.165, 1.54) is 12.1 Å². The molecule has 0 aliphatic rings. The maximum atomic E-state index is 13.1. The minimum atomic E-state index is -1.63. The fourth-order valence-corrected chi connectivity index (χ4v) is 2.93. The van der Waals surface area contributed by atoms with Crippen LogP contribution in [0.5, 0.6) is 5.75 Å². The van der Waals surface area contributed by atoms with Crippen molar-refractivity contribution < 1.29 is 39.3 Å². The molecule has 194 valence electrons. The number of hydrogen-bond donors (Lipinski definition) is 8. The molecule has 1 aromatic rings. The standard InChI is InChI=1S/C22H33N5O8/c1-11(2)18(24)21(33)26-15(9-12-3-5-13(29)6-4-12)20(32)25-14(7-8-17(23)30)19(31)27-16(10-28)22(34)35/h3-6,11,14-16,18,28-29H,7-10,24H2,1-2H3,(H2,23,30)(H,25,32)(H,26,33)(H,27,31)(H,34,35). The fraction of sp³-hybridized carbons (Fsp3) is 0.500. The molecule has 0 aliphatic carbocycles. The predicted molar refractivity (Wildman–Crippen MR) is 124 cm³/mol. The second-order valence-corrected chi connectivity index (χ2v) is 8.35. The van der Waals surface area contributed by atoms with E-state index in [-0.39, 0.29) is 30.9 Å². The number of aliphatic carboxylic acids is 1. The Morgan fingerprint density at radius 3 is 1.89 bits per heavy atom. The highest BCUT2D eigenvalue weighted by atomic mass is 16.4. The monoisotopic (exact) mass is 495 g/mol. The number of hydrogen-bond acceptors (Lipinski definition) is 8. The number of carboxylic acid groups (broad SMARTS) is 1. The van der Waals surface area contributed by atoms with E-state index in [1.807, 2.05) is 0 Å². The third-order valence-electron chi connectivity index (χ3n) is 5.14. The van der Waals surface area contributed by atoms with Gasteiger partial charge in [0.05, 0.1) is 12.6 Å². The number of rotatable bonds is 14. The summed E-state index contributed by atoms with van der Waals surface area (Å²) in [6.45, 7) is 2.55. The smallest absolute Gasteiger partial charge is 0.328 e. The molecule has 0 saturated carbocycles. The molecular formula is C22H33N5O8. The lowest BCUT2D eigenvalue weighted by molar-refractivity contribution is -0.143. The summed E-state index contributed by atoms with van der Waals surface area (Å²) in [4.78, 5) is 60.7. The van der Waals surface area contributed by atoms with E-state index in [0.717, 1.165) is 0 Å². The van der Waals surface area contributed by atoms with Gasteiger partial charge in [0.1, 0.15) is 23.9 Å². The molecule has 0 radical (unpaired) electrons. The van der Waals surface area contributed by atoms with Gasteiger partial charge in [0.2, 0.25) is 23.6 Å². The molecule has 0 aliphatic heterocycles. The Hall–Kier alpha value is -3.71. The number of phenols is 1. The Kier molecular flexibility index (Phi) is 11.6. The highest BCUT2D eigenvalue weighted by Crippen LogP contribution is 2.12. The van der Waals surface area contributed by atoms with Gasteiger partial charge in [0, 0.05) is 12.8 Å². The minimum absolute atomic E-state index is 0.000622. The van der Waals surface area contributed by atoms with Gasteiger partial charge in [0.25, 0.3) is 0 Å². The first kappa shape index (κ1) is 29.3. The molecular weight excluding hydrogens is 462 g/mol. The molecule has 10 N–H and O–H groups in total. The summed E-state index contributed by atoms with van der Waals surface area (Å²) in [6.07, 6.45) is -0.584. The number of carboxylic acids is 1. The van der Waals surface area contributed by atoms with Crippen molar-refractivity contribution in [3.63, 3.8) is 0 Å². The van der Waals surface area contributed by atoms with Gasteiger partial charge in [-0.25, -0.2) is 4.79 Å². The highest BCUT2D eigenvalue weighted by molar-refractivity contribution is 5.94. The van der Waals surface area contributed by atoms with E-state index in [4.69, 9.17) is 21.7 Å². The Bertz CT molecular complexity index is 906. The van der Waals surface area contributed by atoms with Crippen LogP contribution in [-0.2, 0) is 30.4 Å². The van der Waals surface area contributed by atoms with Crippen molar-refractivity contribution in [2.75, 3.05) is 6.61 Å². The lowest BCUT2D eigenvalue weighted by Gasteiger charge is -2.25. The van der Waals surface area contributed by atoms with Crippen LogP contribution in [0, 0.1) is 5.92 Å². The van der Waals surface area contributed by atoms with Crippen molar-refractivity contribution in [2.24, 2.45) is 17.4 Å². The summed E-state index contributed by atoms with van der Waals surface area (Å²) in [6, 6.07) is 0.744. The molecule has 0 fully saturated rings. The topological polar surface area (TPSA) is 234 Å². The van der Waals surface area contributed by atoms with E-state index in [1.54, 1.807) is 26.0 Å². The lowest BCUT2D eigenvalue weighted by Crippen LogP contribution is -2.58. The van der Waals surface area contributed by atoms with E-state index >= 15 is 0 Å². The Morgan fingerprint density at radius 1 is 0.886 bits per heavy atom. The van der Waals surface area contributed by atoms with Gasteiger partial charge < -0.3 is 42.7 Å². The molecule has 13 nitrogen and oxygen atoms in total. The summed E-state index contributed by atoms with van der Waals surface area (Å²) in [5.74, 6) is -4.86. The molecule has 35 heavy (non-hydrogen) atoms. The first-order valence-corrected chi connectivity index (χ1v) is 10.9. The Morgan fingerprint density at radius 2 is 1.40 bits per heavy atom. The number of benzene rings is 1. The van der Waals surface area contributed by atoms with Crippen molar-refractivity contribution in [3.05, 3.63) is 29.8 Å². The largest absolute Gasteiger partial charge is 0.508 e. The molecule has 1 rings (SSSR count). The second-order valence-electron chi connectivity index (χ2n) is 8.35. The first-order chi connectivity index (χ1) is 16.3. The highest BCUT2D eigenvalue weighted by Gasteiger charge is 2.31. The number of phenolic OH excluding ortho intramolecular Hbond substituents is 1. The fourth-order valence-electron chi connectivity index (χ4n) is 2.93. The van der Waals surface area contributed by atoms with Crippen molar-refractivity contribution >= 4 is 29.6 Å². The summed E-state index contributed by atoms with van der Waals surface area (Å²) < 4.78 is 0. The number of amides is 4. The number of aliphatic hydroxyl groups is 1. The number of primary amides is 1. The molecule has 0 aromatic heterocycles. The number of carbonyl (C=O) groups excluding carboxylic acids is 4. The van der Waals surface area contributed by atoms with Crippen LogP contribution < -0.4 is 27.4 Å². The van der Waals surface area contributed by atoms with Crippen molar-refractivity contribution in [3.8, 4) is 5.75 Å². The van der Waals surface area contributed by atoms with Gasteiger partial charge in [-0.15, -0.1) is 0 Å². The van der Waals surface area contributed by atoms with Crippen LogP contribution >= 0.6 is 0 Å². The van der Waals surface area contributed by atoms with Crippen LogP contribution in [0.1, 0.15) is 32.3 Å². The molecule has 4 amide bonds. The van der Waals surface area contributed by atoms with Crippen LogP contribution in [0.25, 0.3) is 0 Å². The van der Waals surface area contributed by atoms with Crippen LogP contribution in [0.3, 0.4) is 0 Å². The molecule has 0 bridgehead atoms. The quantitative estimate of drug-likeness (QED) is 0.138. The van der Waals surface area contributed by atoms with Gasteiger partial charge in [-0.2, -0.15) is 0 Å². The molecule has 0 heterocycles. The average molecular weight is 496 g/mol. The molecule has 4 unspecified atom stereocenters. The van der Waals surface area contributed by atoms with Crippen LogP contribution in [-0.4, -0.2) is 75.7 Å². The Balaban J connectivity index is 3.14. The summed E-state index contributed by atoms with van der Waals surface area (Å²) in [5.41, 5.74) is 11.6. The third-order valence-corrected chi connectivity index (χ3v) is 5.14. The van der Waals surface area contributed by atoms with Gasteiger partial charge in [-0.05, 0) is 30.0 Å². The SMILES string of the molecule is CC(C)C(N)C(=O)NC(Cc1ccc(O)cc1)C(=O)NC(CCC(N)=O)C(=O)NC(CO)C(=O)O. The zero-order valence-corrected chi connectivity index (χ0v) is 19.6. The number of carbonyl (C=O) groups is 5. The lowest BCUT2D eigenvalue weighted by atomic mass is 10.0. The molecule has 0 spiro atoms. The number of nitrogens with one attached hydrogen (secondary N) is 3. The van der Waals surface area contributed by atoms with Crippen LogP contribution in [0.2, 0.25) is 0 Å². The van der Waals surface area contributed by atoms with Crippen molar-refractivity contribution in [2.45, 2.75) is 57.3 Å². The van der Waals surface area contributed by atoms with Crippen LogP contribution in [0.15, 0.2) is 24.3 Å². The molecule has 13 heteroatoms.